The standard InChI is InChI=1S/C6H15ClSi.C3H5NO/c1-4-8(7,5-2)6-3;5-3-1-2-4-3/h4-6H2,1-3H3;1-2H2,(H,4,5). The summed E-state index contributed by atoms with van der Waals surface area (Å²) in [6, 6.07) is 3.67. The largest absolute Gasteiger partial charge is 0.356 e. The van der Waals surface area contributed by atoms with Crippen molar-refractivity contribution in [3.8, 4) is 0 Å². The molecule has 2 nitrogen and oxygen atoms in total. The molecule has 0 bridgehead atoms. The van der Waals surface area contributed by atoms with Crippen LogP contribution < -0.4 is 5.32 Å². The fraction of sp³-hybridized carbons (Fsp3) is 0.889. The molecule has 13 heavy (non-hydrogen) atoms. The van der Waals surface area contributed by atoms with Gasteiger partial charge < -0.3 is 5.32 Å². The lowest BCUT2D eigenvalue weighted by atomic mass is 10.3. The molecule has 0 aromatic rings. The zero-order valence-electron chi connectivity index (χ0n) is 8.82. The van der Waals surface area contributed by atoms with E-state index in [0.717, 1.165) is 13.0 Å². The van der Waals surface area contributed by atoms with Gasteiger partial charge in [0.15, 0.2) is 7.38 Å². The zero-order valence-corrected chi connectivity index (χ0v) is 10.6. The maximum Gasteiger partial charge on any atom is 0.221 e. The second kappa shape index (κ2) is 6.43. The lowest BCUT2D eigenvalue weighted by Crippen LogP contribution is -2.37. The van der Waals surface area contributed by atoms with Crippen LogP contribution in [0.3, 0.4) is 0 Å². The Morgan fingerprint density at radius 3 is 1.62 bits per heavy atom. The number of hydrogen-bond donors (Lipinski definition) is 1. The number of β-lactam (4-membered cyclic amide) rings is 1. The molecule has 0 saturated carbocycles. The smallest absolute Gasteiger partial charge is 0.221 e. The third kappa shape index (κ3) is 5.31. The van der Waals surface area contributed by atoms with Crippen LogP contribution in [0, 0.1) is 0 Å². The number of rotatable bonds is 3. The number of amides is 1. The first-order valence-electron chi connectivity index (χ1n) is 5.03. The number of carbonyl (C=O) groups is 1. The van der Waals surface area contributed by atoms with Crippen LogP contribution in [0.2, 0.25) is 18.1 Å². The maximum absolute atomic E-state index is 9.79. The molecule has 1 heterocycles. The summed E-state index contributed by atoms with van der Waals surface area (Å²) in [7, 11) is -1.20. The van der Waals surface area contributed by atoms with Crippen molar-refractivity contribution >= 4 is 24.4 Å². The van der Waals surface area contributed by atoms with Gasteiger partial charge in [-0.2, -0.15) is 11.1 Å². The van der Waals surface area contributed by atoms with Crippen molar-refractivity contribution in [3.05, 3.63) is 0 Å². The van der Waals surface area contributed by atoms with Gasteiger partial charge >= 0.3 is 0 Å². The average Bonchev–Trinajstić information content (AvgIpc) is 2.14. The highest BCUT2D eigenvalue weighted by Crippen LogP contribution is 2.23. The van der Waals surface area contributed by atoms with Crippen LogP contribution in [-0.4, -0.2) is 19.8 Å². The van der Waals surface area contributed by atoms with Crippen LogP contribution in [0.4, 0.5) is 0 Å². The van der Waals surface area contributed by atoms with E-state index in [1.54, 1.807) is 0 Å². The summed E-state index contributed by atoms with van der Waals surface area (Å²) in [5.41, 5.74) is 0. The highest BCUT2D eigenvalue weighted by Gasteiger charge is 2.22. The summed E-state index contributed by atoms with van der Waals surface area (Å²) < 4.78 is 0. The molecule has 0 radical (unpaired) electrons. The second-order valence-electron chi connectivity index (χ2n) is 3.31. The van der Waals surface area contributed by atoms with Gasteiger partial charge in [0.2, 0.25) is 5.91 Å². The van der Waals surface area contributed by atoms with E-state index in [1.165, 1.54) is 18.1 Å². The molecule has 1 N–H and O–H groups in total. The summed E-state index contributed by atoms with van der Waals surface area (Å²) in [5, 5.41) is 2.57. The number of carbonyl (C=O) groups excluding carboxylic acids is 1. The topological polar surface area (TPSA) is 29.1 Å². The third-order valence-corrected chi connectivity index (χ3v) is 8.78. The van der Waals surface area contributed by atoms with Gasteiger partial charge in [0.25, 0.3) is 0 Å². The molecule has 0 aliphatic carbocycles. The fourth-order valence-electron chi connectivity index (χ4n) is 0.977. The summed E-state index contributed by atoms with van der Waals surface area (Å²) in [4.78, 5) is 9.79. The van der Waals surface area contributed by atoms with Crippen molar-refractivity contribution in [2.24, 2.45) is 0 Å². The van der Waals surface area contributed by atoms with Crippen LogP contribution in [0.25, 0.3) is 0 Å². The Labute approximate surface area is 86.8 Å². The Morgan fingerprint density at radius 1 is 1.31 bits per heavy atom. The molecular formula is C9H20ClNOSi. The monoisotopic (exact) mass is 221 g/mol. The lowest BCUT2D eigenvalue weighted by molar-refractivity contribution is -0.125. The van der Waals surface area contributed by atoms with Crippen LogP contribution in [0.1, 0.15) is 27.2 Å². The minimum atomic E-state index is -1.20. The molecular weight excluding hydrogens is 202 g/mol. The van der Waals surface area contributed by atoms with Crippen molar-refractivity contribution in [3.63, 3.8) is 0 Å². The molecule has 1 rings (SSSR count). The van der Waals surface area contributed by atoms with E-state index in [9.17, 15) is 4.79 Å². The van der Waals surface area contributed by atoms with Gasteiger partial charge in [-0.05, 0) is 18.1 Å². The Morgan fingerprint density at radius 2 is 1.62 bits per heavy atom. The normalized spacial score (nSPS) is 15.2. The van der Waals surface area contributed by atoms with Crippen molar-refractivity contribution in [2.75, 3.05) is 6.54 Å². The van der Waals surface area contributed by atoms with Gasteiger partial charge in [0.05, 0.1) is 0 Å². The number of nitrogens with one attached hydrogen (secondary N) is 1. The first-order valence-corrected chi connectivity index (χ1v) is 8.67. The van der Waals surface area contributed by atoms with Crippen LogP contribution in [0.5, 0.6) is 0 Å². The van der Waals surface area contributed by atoms with E-state index in [4.69, 9.17) is 11.1 Å². The molecule has 1 aliphatic rings. The van der Waals surface area contributed by atoms with Gasteiger partial charge in [-0.25, -0.2) is 0 Å². The lowest BCUT2D eigenvalue weighted by Gasteiger charge is -2.17. The first kappa shape index (κ1) is 13.0. The SMILES string of the molecule is CC[Si](Cl)(CC)CC.O=C1CCN1. The third-order valence-electron chi connectivity index (χ3n) is 2.58. The molecule has 0 aromatic heterocycles. The van der Waals surface area contributed by atoms with E-state index in [1.807, 2.05) is 0 Å². The second-order valence-corrected chi connectivity index (χ2v) is 10.1. The van der Waals surface area contributed by atoms with Gasteiger partial charge in [-0.15, -0.1) is 0 Å². The Bertz CT molecular complexity index is 145. The van der Waals surface area contributed by atoms with Crippen molar-refractivity contribution in [1.29, 1.82) is 0 Å². The molecule has 4 heteroatoms. The average molecular weight is 222 g/mol. The Hall–Kier alpha value is -0.0231. The van der Waals surface area contributed by atoms with Crippen molar-refractivity contribution in [2.45, 2.75) is 45.3 Å². The predicted molar refractivity (Wildman–Crippen MR) is 60.7 cm³/mol. The molecule has 1 saturated heterocycles. The summed E-state index contributed by atoms with van der Waals surface area (Å²) >= 11 is 6.23. The summed E-state index contributed by atoms with van der Waals surface area (Å²) in [6.07, 6.45) is 0.736. The molecule has 1 fully saturated rings. The predicted octanol–water partition coefficient (Wildman–Crippen LogP) is 2.74. The van der Waals surface area contributed by atoms with Crippen molar-refractivity contribution in [1.82, 2.24) is 5.32 Å². The van der Waals surface area contributed by atoms with Gasteiger partial charge in [0.1, 0.15) is 0 Å². The fourth-order valence-corrected chi connectivity index (χ4v) is 2.48. The minimum Gasteiger partial charge on any atom is -0.356 e. The number of hydrogen-bond acceptors (Lipinski definition) is 1. The van der Waals surface area contributed by atoms with Crippen LogP contribution >= 0.6 is 11.1 Å². The molecule has 0 spiro atoms. The first-order chi connectivity index (χ1) is 6.08. The van der Waals surface area contributed by atoms with E-state index in [-0.39, 0.29) is 5.91 Å². The zero-order chi connectivity index (χ0) is 10.3. The Balaban J connectivity index is 0.000000243. The van der Waals surface area contributed by atoms with Gasteiger partial charge in [-0.1, -0.05) is 20.8 Å². The molecule has 78 valence electrons. The molecule has 0 atom stereocenters. The van der Waals surface area contributed by atoms with E-state index in [0.29, 0.717) is 0 Å². The van der Waals surface area contributed by atoms with Crippen molar-refractivity contribution < 1.29 is 4.79 Å². The van der Waals surface area contributed by atoms with Crippen LogP contribution in [0.15, 0.2) is 0 Å². The highest BCUT2D eigenvalue weighted by molar-refractivity contribution is 7.20. The quantitative estimate of drug-likeness (QED) is 0.443. The van der Waals surface area contributed by atoms with Gasteiger partial charge in [0, 0.05) is 13.0 Å². The molecule has 1 amide bonds. The van der Waals surface area contributed by atoms with E-state index < -0.39 is 7.38 Å². The molecule has 0 aromatic carbocycles. The van der Waals surface area contributed by atoms with Gasteiger partial charge in [-0.3, -0.25) is 4.79 Å². The molecule has 0 unspecified atom stereocenters. The minimum absolute atomic E-state index is 0.185. The van der Waals surface area contributed by atoms with E-state index in [2.05, 4.69) is 26.1 Å². The molecule has 1 aliphatic heterocycles. The summed E-state index contributed by atoms with van der Waals surface area (Å²) in [6.45, 7) is 7.49. The number of halogens is 1. The highest BCUT2D eigenvalue weighted by atomic mass is 35.6. The van der Waals surface area contributed by atoms with Crippen LogP contribution in [-0.2, 0) is 4.79 Å². The Kier molecular flexibility index (Phi) is 6.42. The maximum atomic E-state index is 9.79. The summed E-state index contributed by atoms with van der Waals surface area (Å²) in [5.74, 6) is 0.185. The van der Waals surface area contributed by atoms with E-state index >= 15 is 0 Å².